The number of halogens is 1. The van der Waals surface area contributed by atoms with Gasteiger partial charge in [-0.3, -0.25) is 0 Å². The van der Waals surface area contributed by atoms with Crippen LogP contribution in [0.15, 0.2) is 19.4 Å². The highest BCUT2D eigenvalue weighted by Gasteiger charge is 2.11. The summed E-state index contributed by atoms with van der Waals surface area (Å²) in [5.41, 5.74) is 1.10. The second kappa shape index (κ2) is 4.00. The first-order valence-electron chi connectivity index (χ1n) is 3.98. The van der Waals surface area contributed by atoms with Crippen molar-refractivity contribution in [2.24, 2.45) is 0 Å². The van der Waals surface area contributed by atoms with Crippen LogP contribution in [0.3, 0.4) is 0 Å². The van der Waals surface area contributed by atoms with E-state index in [1.807, 2.05) is 0 Å². The van der Waals surface area contributed by atoms with Crippen LogP contribution in [0.25, 0.3) is 11.4 Å². The lowest BCUT2D eigenvalue weighted by Gasteiger charge is -2.06. The SMILES string of the molecule is C=C(C)c1nc(OC)cnc1C(=C)F. The average molecular weight is 194 g/mol. The Morgan fingerprint density at radius 2 is 2.07 bits per heavy atom. The Morgan fingerprint density at radius 3 is 2.50 bits per heavy atom. The summed E-state index contributed by atoms with van der Waals surface area (Å²) in [6.45, 7) is 8.57. The first-order valence-corrected chi connectivity index (χ1v) is 3.98. The quantitative estimate of drug-likeness (QED) is 0.741. The normalized spacial score (nSPS) is 9.64. The van der Waals surface area contributed by atoms with E-state index in [0.29, 0.717) is 17.1 Å². The summed E-state index contributed by atoms with van der Waals surface area (Å²) in [6.07, 6.45) is 1.34. The topological polar surface area (TPSA) is 35.0 Å². The predicted octanol–water partition coefficient (Wildman–Crippen LogP) is 2.46. The summed E-state index contributed by atoms with van der Waals surface area (Å²) in [6, 6.07) is 0. The Kier molecular flexibility index (Phi) is 2.96. The first kappa shape index (κ1) is 10.4. The van der Waals surface area contributed by atoms with E-state index in [1.165, 1.54) is 13.3 Å². The third-order valence-corrected chi connectivity index (χ3v) is 1.62. The highest BCUT2D eigenvalue weighted by atomic mass is 19.1. The molecule has 0 spiro atoms. The molecule has 0 unspecified atom stereocenters. The van der Waals surface area contributed by atoms with Gasteiger partial charge in [0.15, 0.2) is 0 Å². The van der Waals surface area contributed by atoms with Gasteiger partial charge in [-0.05, 0) is 12.5 Å². The van der Waals surface area contributed by atoms with Crippen LogP contribution in [0.1, 0.15) is 18.3 Å². The number of aromatic nitrogens is 2. The molecule has 0 aromatic carbocycles. The second-order valence-electron chi connectivity index (χ2n) is 2.79. The molecule has 0 saturated carbocycles. The zero-order valence-electron chi connectivity index (χ0n) is 8.17. The Hall–Kier alpha value is -1.71. The molecular formula is C10H11FN2O. The maximum absolute atomic E-state index is 12.9. The van der Waals surface area contributed by atoms with E-state index in [0.717, 1.165) is 0 Å². The van der Waals surface area contributed by atoms with Crippen molar-refractivity contribution in [2.45, 2.75) is 6.92 Å². The molecule has 0 amide bonds. The molecule has 0 saturated heterocycles. The lowest BCUT2D eigenvalue weighted by atomic mass is 10.2. The molecule has 1 heterocycles. The van der Waals surface area contributed by atoms with Gasteiger partial charge in [-0.15, -0.1) is 0 Å². The van der Waals surface area contributed by atoms with E-state index in [-0.39, 0.29) is 5.69 Å². The lowest BCUT2D eigenvalue weighted by molar-refractivity contribution is 0.395. The van der Waals surface area contributed by atoms with Crippen LogP contribution in [0.4, 0.5) is 4.39 Å². The fourth-order valence-electron chi connectivity index (χ4n) is 0.967. The molecule has 4 heteroatoms. The Bertz CT molecular complexity index is 388. The monoisotopic (exact) mass is 194 g/mol. The molecule has 0 aliphatic heterocycles. The third-order valence-electron chi connectivity index (χ3n) is 1.62. The van der Waals surface area contributed by atoms with E-state index in [9.17, 15) is 4.39 Å². The van der Waals surface area contributed by atoms with E-state index < -0.39 is 5.83 Å². The average Bonchev–Trinajstić information content (AvgIpc) is 2.16. The summed E-state index contributed by atoms with van der Waals surface area (Å²) in [7, 11) is 1.47. The highest BCUT2D eigenvalue weighted by Crippen LogP contribution is 2.22. The summed E-state index contributed by atoms with van der Waals surface area (Å²) in [4.78, 5) is 7.87. The van der Waals surface area contributed by atoms with Crippen molar-refractivity contribution in [3.05, 3.63) is 30.7 Å². The van der Waals surface area contributed by atoms with Crippen LogP contribution in [0, 0.1) is 0 Å². The minimum atomic E-state index is -0.627. The van der Waals surface area contributed by atoms with E-state index in [1.54, 1.807) is 6.92 Å². The fraction of sp³-hybridized carbons (Fsp3) is 0.200. The smallest absolute Gasteiger partial charge is 0.232 e. The molecule has 0 aliphatic rings. The number of hydrogen-bond donors (Lipinski definition) is 0. The molecule has 0 bridgehead atoms. The molecule has 3 nitrogen and oxygen atoms in total. The zero-order valence-corrected chi connectivity index (χ0v) is 8.17. The number of nitrogens with zero attached hydrogens (tertiary/aromatic N) is 2. The lowest BCUT2D eigenvalue weighted by Crippen LogP contribution is -1.99. The number of ether oxygens (including phenoxy) is 1. The van der Waals surface area contributed by atoms with E-state index >= 15 is 0 Å². The van der Waals surface area contributed by atoms with Gasteiger partial charge in [0.25, 0.3) is 0 Å². The molecular weight excluding hydrogens is 183 g/mol. The molecule has 0 radical (unpaired) electrons. The van der Waals surface area contributed by atoms with Crippen molar-refractivity contribution < 1.29 is 9.13 Å². The summed E-state index contributed by atoms with van der Waals surface area (Å²) < 4.78 is 17.8. The summed E-state index contributed by atoms with van der Waals surface area (Å²) in [5.74, 6) is -0.300. The minimum absolute atomic E-state index is 0.110. The number of rotatable bonds is 3. The molecule has 0 fully saturated rings. The van der Waals surface area contributed by atoms with Gasteiger partial charge in [0.2, 0.25) is 5.88 Å². The van der Waals surface area contributed by atoms with Crippen molar-refractivity contribution in [3.63, 3.8) is 0 Å². The van der Waals surface area contributed by atoms with Gasteiger partial charge in [-0.2, -0.15) is 0 Å². The van der Waals surface area contributed by atoms with Crippen molar-refractivity contribution in [1.29, 1.82) is 0 Å². The number of methoxy groups -OCH3 is 1. The molecule has 14 heavy (non-hydrogen) atoms. The predicted molar refractivity (Wildman–Crippen MR) is 53.4 cm³/mol. The maximum atomic E-state index is 12.9. The molecule has 1 rings (SSSR count). The van der Waals surface area contributed by atoms with Gasteiger partial charge >= 0.3 is 0 Å². The van der Waals surface area contributed by atoms with Crippen LogP contribution in [-0.4, -0.2) is 17.1 Å². The van der Waals surface area contributed by atoms with Crippen molar-refractivity contribution in [2.75, 3.05) is 7.11 Å². The Balaban J connectivity index is 3.31. The summed E-state index contributed by atoms with van der Waals surface area (Å²) in [5, 5.41) is 0. The molecule has 1 aromatic rings. The Morgan fingerprint density at radius 1 is 1.43 bits per heavy atom. The van der Waals surface area contributed by atoms with Crippen LogP contribution in [0.5, 0.6) is 5.88 Å². The van der Waals surface area contributed by atoms with Crippen LogP contribution >= 0.6 is 0 Å². The minimum Gasteiger partial charge on any atom is -0.480 e. The van der Waals surface area contributed by atoms with Gasteiger partial charge in [-0.1, -0.05) is 13.2 Å². The van der Waals surface area contributed by atoms with Crippen molar-refractivity contribution >= 4 is 11.4 Å². The molecule has 1 aromatic heterocycles. The van der Waals surface area contributed by atoms with Gasteiger partial charge < -0.3 is 4.74 Å². The van der Waals surface area contributed by atoms with Gasteiger partial charge in [0.1, 0.15) is 11.5 Å². The highest BCUT2D eigenvalue weighted by molar-refractivity contribution is 5.69. The fourth-order valence-corrected chi connectivity index (χ4v) is 0.967. The van der Waals surface area contributed by atoms with E-state index in [2.05, 4.69) is 23.1 Å². The van der Waals surface area contributed by atoms with Crippen molar-refractivity contribution in [3.8, 4) is 5.88 Å². The number of hydrogen-bond acceptors (Lipinski definition) is 3. The first-order chi connectivity index (χ1) is 6.56. The Labute approximate surface area is 82.0 Å². The van der Waals surface area contributed by atoms with Gasteiger partial charge in [0.05, 0.1) is 19.0 Å². The van der Waals surface area contributed by atoms with Gasteiger partial charge in [-0.25, -0.2) is 14.4 Å². The van der Waals surface area contributed by atoms with Crippen LogP contribution in [0.2, 0.25) is 0 Å². The third kappa shape index (κ3) is 1.96. The van der Waals surface area contributed by atoms with Gasteiger partial charge in [0, 0.05) is 0 Å². The van der Waals surface area contributed by atoms with E-state index in [4.69, 9.17) is 4.74 Å². The molecule has 74 valence electrons. The second-order valence-corrected chi connectivity index (χ2v) is 2.79. The van der Waals surface area contributed by atoms with Crippen LogP contribution < -0.4 is 4.74 Å². The molecule has 0 N–H and O–H groups in total. The maximum Gasteiger partial charge on any atom is 0.232 e. The summed E-state index contributed by atoms with van der Waals surface area (Å²) >= 11 is 0. The standard InChI is InChI=1S/C10H11FN2O/c1-6(2)9-10(7(3)11)12-5-8(13-9)14-4/h5H,1,3H2,2,4H3. The number of allylic oxidation sites excluding steroid dienone is 1. The largest absolute Gasteiger partial charge is 0.480 e. The molecule has 0 atom stereocenters. The zero-order chi connectivity index (χ0) is 10.7. The van der Waals surface area contributed by atoms with Crippen LogP contribution in [-0.2, 0) is 0 Å². The van der Waals surface area contributed by atoms with Crippen molar-refractivity contribution in [1.82, 2.24) is 9.97 Å². The molecule has 0 aliphatic carbocycles.